The molecular formula is C12H20O4. The minimum Gasteiger partial charge on any atom is -0.468 e. The number of carbonyl (C=O) groups is 3. The minimum atomic E-state index is -0.943. The average molecular weight is 228 g/mol. The molecule has 0 rings (SSSR count). The summed E-state index contributed by atoms with van der Waals surface area (Å²) in [5.41, 5.74) is -0.194. The highest BCUT2D eigenvalue weighted by atomic mass is 16.5. The molecule has 1 atom stereocenters. The SMILES string of the molecule is COC(=O)C(CC(C)=O)C(=O)CC(C)(C)C. The summed E-state index contributed by atoms with van der Waals surface area (Å²) in [7, 11) is 1.22. The topological polar surface area (TPSA) is 60.4 Å². The predicted molar refractivity (Wildman–Crippen MR) is 59.9 cm³/mol. The molecule has 4 heteroatoms. The van der Waals surface area contributed by atoms with E-state index in [2.05, 4.69) is 4.74 Å². The molecule has 0 aromatic heterocycles. The first-order valence-electron chi connectivity index (χ1n) is 5.27. The Morgan fingerprint density at radius 2 is 1.69 bits per heavy atom. The molecule has 0 bridgehead atoms. The molecular weight excluding hydrogens is 208 g/mol. The van der Waals surface area contributed by atoms with Gasteiger partial charge in [0.15, 0.2) is 0 Å². The highest BCUT2D eigenvalue weighted by molar-refractivity contribution is 6.02. The van der Waals surface area contributed by atoms with E-state index >= 15 is 0 Å². The Balaban J connectivity index is 4.70. The lowest BCUT2D eigenvalue weighted by Crippen LogP contribution is -2.30. The molecule has 0 fully saturated rings. The molecule has 0 spiro atoms. The van der Waals surface area contributed by atoms with Gasteiger partial charge in [0.25, 0.3) is 0 Å². The van der Waals surface area contributed by atoms with E-state index in [1.807, 2.05) is 20.8 Å². The second kappa shape index (κ2) is 5.77. The third kappa shape index (κ3) is 5.63. The van der Waals surface area contributed by atoms with E-state index in [9.17, 15) is 14.4 Å². The number of Topliss-reactive ketones (excluding diaryl/α,β-unsaturated/α-hetero) is 2. The Bertz CT molecular complexity index is 286. The van der Waals surface area contributed by atoms with Crippen molar-refractivity contribution in [2.75, 3.05) is 7.11 Å². The summed E-state index contributed by atoms with van der Waals surface area (Å²) < 4.78 is 4.54. The van der Waals surface area contributed by atoms with Crippen LogP contribution >= 0.6 is 0 Å². The first-order valence-corrected chi connectivity index (χ1v) is 5.27. The summed E-state index contributed by atoms with van der Waals surface area (Å²) in [6.45, 7) is 7.09. The number of ether oxygens (including phenoxy) is 1. The third-order valence-electron chi connectivity index (χ3n) is 2.07. The van der Waals surface area contributed by atoms with Gasteiger partial charge in [-0.2, -0.15) is 0 Å². The fourth-order valence-corrected chi connectivity index (χ4v) is 1.40. The standard InChI is InChI=1S/C12H20O4/c1-8(13)6-9(11(15)16-5)10(14)7-12(2,3)4/h9H,6-7H2,1-5H3. The van der Waals surface area contributed by atoms with Crippen molar-refractivity contribution in [2.45, 2.75) is 40.5 Å². The maximum absolute atomic E-state index is 11.8. The number of rotatable bonds is 5. The van der Waals surface area contributed by atoms with Crippen LogP contribution < -0.4 is 0 Å². The fourth-order valence-electron chi connectivity index (χ4n) is 1.40. The lowest BCUT2D eigenvalue weighted by molar-refractivity contribution is -0.151. The second-order valence-corrected chi connectivity index (χ2v) is 5.19. The second-order valence-electron chi connectivity index (χ2n) is 5.19. The normalized spacial score (nSPS) is 13.1. The van der Waals surface area contributed by atoms with Gasteiger partial charge in [0.05, 0.1) is 7.11 Å². The molecule has 16 heavy (non-hydrogen) atoms. The van der Waals surface area contributed by atoms with E-state index in [1.54, 1.807) is 0 Å². The molecule has 92 valence electrons. The number of ketones is 2. The predicted octanol–water partition coefficient (Wildman–Crippen LogP) is 1.76. The summed E-state index contributed by atoms with van der Waals surface area (Å²) in [5.74, 6) is -1.97. The first-order chi connectivity index (χ1) is 7.17. The molecule has 0 aromatic rings. The van der Waals surface area contributed by atoms with Crippen LogP contribution in [-0.4, -0.2) is 24.6 Å². The summed E-state index contributed by atoms with van der Waals surface area (Å²) in [6.07, 6.45) is 0.196. The van der Waals surface area contributed by atoms with Crippen LogP contribution in [0.3, 0.4) is 0 Å². The zero-order chi connectivity index (χ0) is 12.9. The minimum absolute atomic E-state index is 0.0679. The molecule has 0 saturated carbocycles. The van der Waals surface area contributed by atoms with Crippen LogP contribution in [0.5, 0.6) is 0 Å². The zero-order valence-corrected chi connectivity index (χ0v) is 10.6. The van der Waals surface area contributed by atoms with Crippen molar-refractivity contribution < 1.29 is 19.1 Å². The van der Waals surface area contributed by atoms with Gasteiger partial charge in [0.2, 0.25) is 0 Å². The first kappa shape index (κ1) is 14.8. The largest absolute Gasteiger partial charge is 0.468 e. The van der Waals surface area contributed by atoms with Crippen LogP contribution in [0.4, 0.5) is 0 Å². The van der Waals surface area contributed by atoms with Gasteiger partial charge in [0.1, 0.15) is 17.5 Å². The van der Waals surface area contributed by atoms with Crippen LogP contribution in [0.15, 0.2) is 0 Å². The smallest absolute Gasteiger partial charge is 0.316 e. The van der Waals surface area contributed by atoms with Gasteiger partial charge in [-0.05, 0) is 12.3 Å². The average Bonchev–Trinajstić information content (AvgIpc) is 2.09. The molecule has 0 radical (unpaired) electrons. The van der Waals surface area contributed by atoms with E-state index in [4.69, 9.17) is 0 Å². The van der Waals surface area contributed by atoms with Crippen molar-refractivity contribution in [2.24, 2.45) is 11.3 Å². The molecule has 0 amide bonds. The molecule has 0 saturated heterocycles. The van der Waals surface area contributed by atoms with Crippen molar-refractivity contribution in [1.82, 2.24) is 0 Å². The van der Waals surface area contributed by atoms with E-state index in [0.717, 1.165) is 0 Å². The summed E-state index contributed by atoms with van der Waals surface area (Å²) in [4.78, 5) is 34.2. The van der Waals surface area contributed by atoms with Crippen molar-refractivity contribution in [1.29, 1.82) is 0 Å². The van der Waals surface area contributed by atoms with Crippen molar-refractivity contribution in [3.63, 3.8) is 0 Å². The monoisotopic (exact) mass is 228 g/mol. The number of methoxy groups -OCH3 is 1. The van der Waals surface area contributed by atoms with Gasteiger partial charge >= 0.3 is 5.97 Å². The van der Waals surface area contributed by atoms with Gasteiger partial charge in [-0.1, -0.05) is 20.8 Å². The van der Waals surface area contributed by atoms with Gasteiger partial charge in [-0.15, -0.1) is 0 Å². The maximum atomic E-state index is 11.8. The Morgan fingerprint density at radius 1 is 1.19 bits per heavy atom. The van der Waals surface area contributed by atoms with E-state index in [-0.39, 0.29) is 29.8 Å². The summed E-state index contributed by atoms with van der Waals surface area (Å²) >= 11 is 0. The van der Waals surface area contributed by atoms with Crippen molar-refractivity contribution in [3.8, 4) is 0 Å². The third-order valence-corrected chi connectivity index (χ3v) is 2.07. The molecule has 0 aliphatic rings. The van der Waals surface area contributed by atoms with Crippen LogP contribution in [0.2, 0.25) is 0 Å². The van der Waals surface area contributed by atoms with Crippen LogP contribution in [-0.2, 0) is 19.1 Å². The lowest BCUT2D eigenvalue weighted by Gasteiger charge is -2.20. The number of hydrogen-bond donors (Lipinski definition) is 0. The Kier molecular flexibility index (Phi) is 5.35. The van der Waals surface area contributed by atoms with Gasteiger partial charge in [0, 0.05) is 12.8 Å². The van der Waals surface area contributed by atoms with Gasteiger partial charge in [-0.3, -0.25) is 14.4 Å². The summed E-state index contributed by atoms with van der Waals surface area (Å²) in [6, 6.07) is 0. The van der Waals surface area contributed by atoms with E-state index in [0.29, 0.717) is 0 Å². The molecule has 0 aromatic carbocycles. The van der Waals surface area contributed by atoms with Crippen LogP contribution in [0.1, 0.15) is 40.5 Å². The number of esters is 1. The molecule has 0 heterocycles. The van der Waals surface area contributed by atoms with Gasteiger partial charge < -0.3 is 4.74 Å². The van der Waals surface area contributed by atoms with Crippen molar-refractivity contribution in [3.05, 3.63) is 0 Å². The fraction of sp³-hybridized carbons (Fsp3) is 0.750. The van der Waals surface area contributed by atoms with Crippen LogP contribution in [0.25, 0.3) is 0 Å². The number of carbonyl (C=O) groups excluding carboxylic acids is 3. The lowest BCUT2D eigenvalue weighted by atomic mass is 9.84. The van der Waals surface area contributed by atoms with E-state index < -0.39 is 11.9 Å². The Morgan fingerprint density at radius 3 is 2.00 bits per heavy atom. The molecule has 0 aliphatic heterocycles. The van der Waals surface area contributed by atoms with Crippen LogP contribution in [0, 0.1) is 11.3 Å². The molecule has 4 nitrogen and oxygen atoms in total. The Labute approximate surface area is 96.4 Å². The summed E-state index contributed by atoms with van der Waals surface area (Å²) in [5, 5.41) is 0. The van der Waals surface area contributed by atoms with Crippen molar-refractivity contribution >= 4 is 17.5 Å². The Hall–Kier alpha value is -1.19. The zero-order valence-electron chi connectivity index (χ0n) is 10.6. The highest BCUT2D eigenvalue weighted by Gasteiger charge is 2.31. The molecule has 0 N–H and O–H groups in total. The molecule has 0 aliphatic carbocycles. The highest BCUT2D eigenvalue weighted by Crippen LogP contribution is 2.23. The maximum Gasteiger partial charge on any atom is 0.316 e. The quantitative estimate of drug-likeness (QED) is 0.531. The molecule has 1 unspecified atom stereocenters. The van der Waals surface area contributed by atoms with E-state index in [1.165, 1.54) is 14.0 Å². The number of hydrogen-bond acceptors (Lipinski definition) is 4. The van der Waals surface area contributed by atoms with Gasteiger partial charge in [-0.25, -0.2) is 0 Å².